The van der Waals surface area contributed by atoms with Gasteiger partial charge in [0.2, 0.25) is 0 Å². The molecule has 0 unspecified atom stereocenters. The van der Waals surface area contributed by atoms with Crippen LogP contribution in [0.2, 0.25) is 0 Å². The molecule has 0 bridgehead atoms. The molecular formula is C18H36N2O5. The van der Waals surface area contributed by atoms with Crippen LogP contribution in [0, 0.1) is 5.41 Å². The molecule has 0 rings (SSSR count). The number of carbonyl (C=O) groups excluding carboxylic acids is 2. The smallest absolute Gasteiger partial charge is 0.407 e. The number of hydrogen-bond acceptors (Lipinski definition) is 5. The van der Waals surface area contributed by atoms with E-state index in [-0.39, 0.29) is 24.6 Å². The van der Waals surface area contributed by atoms with E-state index in [0.717, 1.165) is 0 Å². The minimum absolute atomic E-state index is 0.0317. The average Bonchev–Trinajstić information content (AvgIpc) is 2.32. The van der Waals surface area contributed by atoms with Gasteiger partial charge in [-0.15, -0.1) is 0 Å². The molecule has 0 saturated heterocycles. The Morgan fingerprint density at radius 2 is 1.12 bits per heavy atom. The molecule has 0 spiro atoms. The predicted molar refractivity (Wildman–Crippen MR) is 97.7 cm³/mol. The van der Waals surface area contributed by atoms with E-state index in [1.807, 2.05) is 20.8 Å². The standard InChI is InChI=1S/C18H36N2O5/c1-16(2,3)12-23-13(10-19-14(21)24-17(4,5)6)11-20-15(22)25-18(7,8)9/h13H,10-12H2,1-9H3,(H,19,21)(H,20,22). The number of rotatable bonds is 6. The maximum Gasteiger partial charge on any atom is 0.407 e. The Hall–Kier alpha value is -1.50. The van der Waals surface area contributed by atoms with Gasteiger partial charge in [-0.25, -0.2) is 9.59 Å². The van der Waals surface area contributed by atoms with E-state index in [0.29, 0.717) is 6.61 Å². The lowest BCUT2D eigenvalue weighted by molar-refractivity contribution is 0.00261. The lowest BCUT2D eigenvalue weighted by Crippen LogP contribution is -2.44. The Morgan fingerprint density at radius 3 is 1.40 bits per heavy atom. The second-order valence-electron chi connectivity index (χ2n) is 9.26. The fourth-order valence-electron chi connectivity index (χ4n) is 1.58. The molecule has 0 aliphatic carbocycles. The van der Waals surface area contributed by atoms with Gasteiger partial charge < -0.3 is 24.8 Å². The first-order chi connectivity index (χ1) is 11.1. The molecule has 2 amide bonds. The number of nitrogens with one attached hydrogen (secondary N) is 2. The highest BCUT2D eigenvalue weighted by atomic mass is 16.6. The van der Waals surface area contributed by atoms with Crippen LogP contribution in [-0.4, -0.2) is 49.2 Å². The summed E-state index contributed by atoms with van der Waals surface area (Å²) in [4.78, 5) is 23.6. The number of ether oxygens (including phenoxy) is 3. The maximum absolute atomic E-state index is 11.8. The highest BCUT2D eigenvalue weighted by molar-refractivity contribution is 5.68. The summed E-state index contributed by atoms with van der Waals surface area (Å²) in [5, 5.41) is 5.34. The maximum atomic E-state index is 11.8. The Labute approximate surface area is 152 Å². The van der Waals surface area contributed by atoms with Gasteiger partial charge in [0.1, 0.15) is 11.2 Å². The van der Waals surface area contributed by atoms with Crippen molar-refractivity contribution < 1.29 is 23.8 Å². The van der Waals surface area contributed by atoms with Crippen LogP contribution in [0.3, 0.4) is 0 Å². The normalized spacial score (nSPS) is 12.7. The van der Waals surface area contributed by atoms with Gasteiger partial charge in [0.25, 0.3) is 0 Å². The molecule has 2 N–H and O–H groups in total. The van der Waals surface area contributed by atoms with Crippen LogP contribution in [-0.2, 0) is 14.2 Å². The number of carbonyl (C=O) groups is 2. The third-order valence-corrected chi connectivity index (χ3v) is 2.50. The van der Waals surface area contributed by atoms with E-state index in [4.69, 9.17) is 14.2 Å². The highest BCUT2D eigenvalue weighted by Crippen LogP contribution is 2.14. The average molecular weight is 360 g/mol. The molecule has 0 aromatic heterocycles. The van der Waals surface area contributed by atoms with E-state index in [2.05, 4.69) is 10.6 Å². The molecule has 0 atom stereocenters. The predicted octanol–water partition coefficient (Wildman–Crippen LogP) is 3.47. The number of hydrogen-bond donors (Lipinski definition) is 2. The molecule has 0 radical (unpaired) electrons. The molecule has 0 saturated carbocycles. The molecule has 7 nitrogen and oxygen atoms in total. The zero-order valence-corrected chi connectivity index (χ0v) is 17.2. The lowest BCUT2D eigenvalue weighted by Gasteiger charge is -2.26. The van der Waals surface area contributed by atoms with Crippen LogP contribution in [0.25, 0.3) is 0 Å². The monoisotopic (exact) mass is 360 g/mol. The molecule has 7 heteroatoms. The summed E-state index contributed by atoms with van der Waals surface area (Å²) in [6.07, 6.45) is -1.43. The minimum atomic E-state index is -0.569. The van der Waals surface area contributed by atoms with Crippen LogP contribution >= 0.6 is 0 Å². The van der Waals surface area contributed by atoms with Crippen molar-refractivity contribution >= 4 is 12.2 Å². The fraction of sp³-hybridized carbons (Fsp3) is 0.889. The van der Waals surface area contributed by atoms with E-state index in [1.165, 1.54) is 0 Å². The molecule has 0 fully saturated rings. The van der Waals surface area contributed by atoms with Crippen LogP contribution < -0.4 is 10.6 Å². The van der Waals surface area contributed by atoms with Crippen molar-refractivity contribution in [3.05, 3.63) is 0 Å². The Morgan fingerprint density at radius 1 is 0.760 bits per heavy atom. The zero-order chi connectivity index (χ0) is 19.9. The SMILES string of the molecule is CC(C)(C)COC(CNC(=O)OC(C)(C)C)CNC(=O)OC(C)(C)C. The Kier molecular flexibility index (Phi) is 8.71. The van der Waals surface area contributed by atoms with Gasteiger partial charge in [-0.2, -0.15) is 0 Å². The summed E-state index contributed by atoms with van der Waals surface area (Å²) in [6, 6.07) is 0. The van der Waals surface area contributed by atoms with Crippen molar-refractivity contribution in [2.45, 2.75) is 79.6 Å². The van der Waals surface area contributed by atoms with Crippen LogP contribution in [0.15, 0.2) is 0 Å². The molecule has 0 aliphatic heterocycles. The first-order valence-electron chi connectivity index (χ1n) is 8.63. The molecule has 0 aromatic rings. The van der Waals surface area contributed by atoms with Crippen molar-refractivity contribution in [1.29, 1.82) is 0 Å². The largest absolute Gasteiger partial charge is 0.444 e. The van der Waals surface area contributed by atoms with Gasteiger partial charge in [0.15, 0.2) is 0 Å². The second kappa shape index (κ2) is 9.27. The van der Waals surface area contributed by atoms with Gasteiger partial charge in [0, 0.05) is 13.1 Å². The summed E-state index contributed by atoms with van der Waals surface area (Å²) < 4.78 is 16.2. The van der Waals surface area contributed by atoms with Crippen LogP contribution in [0.5, 0.6) is 0 Å². The molecular weight excluding hydrogens is 324 g/mol. The van der Waals surface area contributed by atoms with E-state index >= 15 is 0 Å². The van der Waals surface area contributed by atoms with Crippen LogP contribution in [0.1, 0.15) is 62.3 Å². The Balaban J connectivity index is 4.55. The minimum Gasteiger partial charge on any atom is -0.444 e. The number of alkyl carbamates (subject to hydrolysis) is 2. The van der Waals surface area contributed by atoms with Gasteiger partial charge in [0.05, 0.1) is 12.7 Å². The van der Waals surface area contributed by atoms with E-state index in [9.17, 15) is 9.59 Å². The van der Waals surface area contributed by atoms with Crippen LogP contribution in [0.4, 0.5) is 9.59 Å². The summed E-state index contributed by atoms with van der Waals surface area (Å²) in [7, 11) is 0. The summed E-state index contributed by atoms with van der Waals surface area (Å²) in [5.74, 6) is 0. The van der Waals surface area contributed by atoms with Crippen molar-refractivity contribution in [2.75, 3.05) is 19.7 Å². The molecule has 25 heavy (non-hydrogen) atoms. The first kappa shape index (κ1) is 23.5. The summed E-state index contributed by atoms with van der Waals surface area (Å²) in [5.41, 5.74) is -1.17. The zero-order valence-electron chi connectivity index (χ0n) is 17.2. The third-order valence-electron chi connectivity index (χ3n) is 2.50. The van der Waals surface area contributed by atoms with Gasteiger partial charge in [-0.1, -0.05) is 20.8 Å². The Bertz CT molecular complexity index is 398. The van der Waals surface area contributed by atoms with E-state index in [1.54, 1.807) is 41.5 Å². The van der Waals surface area contributed by atoms with Crippen molar-refractivity contribution in [1.82, 2.24) is 10.6 Å². The lowest BCUT2D eigenvalue weighted by atomic mass is 9.98. The molecule has 148 valence electrons. The van der Waals surface area contributed by atoms with Gasteiger partial charge in [-0.05, 0) is 47.0 Å². The topological polar surface area (TPSA) is 85.9 Å². The quantitative estimate of drug-likeness (QED) is 0.757. The summed E-state index contributed by atoms with van der Waals surface area (Å²) in [6.45, 7) is 17.9. The molecule has 0 aromatic carbocycles. The number of amides is 2. The molecule has 0 aliphatic rings. The first-order valence-corrected chi connectivity index (χ1v) is 8.63. The highest BCUT2D eigenvalue weighted by Gasteiger charge is 2.21. The van der Waals surface area contributed by atoms with E-state index < -0.39 is 23.4 Å². The molecule has 0 heterocycles. The second-order valence-corrected chi connectivity index (χ2v) is 9.26. The van der Waals surface area contributed by atoms with Gasteiger partial charge >= 0.3 is 12.2 Å². The van der Waals surface area contributed by atoms with Crippen molar-refractivity contribution in [2.24, 2.45) is 5.41 Å². The van der Waals surface area contributed by atoms with Gasteiger partial charge in [-0.3, -0.25) is 0 Å². The van der Waals surface area contributed by atoms with Crippen molar-refractivity contribution in [3.8, 4) is 0 Å². The third kappa shape index (κ3) is 15.8. The summed E-state index contributed by atoms with van der Waals surface area (Å²) >= 11 is 0. The fourth-order valence-corrected chi connectivity index (χ4v) is 1.58. The van der Waals surface area contributed by atoms with Crippen molar-refractivity contribution in [3.63, 3.8) is 0 Å².